The molecule has 0 aliphatic carbocycles. The Balaban J connectivity index is 1.52. The standard InChI is InChI=1S/C15H15NO3/c1-2-5-12(6-3-1)10-19-16-9-13-7-4-8-14-15(13)18-11-17-14/h1-8,16H,9-11H2. The fourth-order valence-corrected chi connectivity index (χ4v) is 1.97. The van der Waals surface area contributed by atoms with E-state index in [1.54, 1.807) is 0 Å². The van der Waals surface area contributed by atoms with Crippen molar-refractivity contribution in [3.63, 3.8) is 0 Å². The summed E-state index contributed by atoms with van der Waals surface area (Å²) >= 11 is 0. The third-order valence-corrected chi connectivity index (χ3v) is 2.92. The van der Waals surface area contributed by atoms with Crippen LogP contribution in [0.5, 0.6) is 11.5 Å². The molecule has 0 fully saturated rings. The number of para-hydroxylation sites is 1. The highest BCUT2D eigenvalue weighted by molar-refractivity contribution is 5.47. The third-order valence-electron chi connectivity index (χ3n) is 2.92. The molecule has 0 amide bonds. The van der Waals surface area contributed by atoms with Gasteiger partial charge in [0.05, 0.1) is 6.61 Å². The van der Waals surface area contributed by atoms with Gasteiger partial charge in [-0.3, -0.25) is 4.84 Å². The minimum atomic E-state index is 0.289. The van der Waals surface area contributed by atoms with Gasteiger partial charge < -0.3 is 9.47 Å². The Morgan fingerprint density at radius 1 is 1.00 bits per heavy atom. The maximum atomic E-state index is 5.44. The summed E-state index contributed by atoms with van der Waals surface area (Å²) in [5, 5.41) is 0. The molecule has 0 aromatic heterocycles. The first kappa shape index (κ1) is 12.0. The van der Waals surface area contributed by atoms with Crippen molar-refractivity contribution in [3.05, 3.63) is 59.7 Å². The highest BCUT2D eigenvalue weighted by Crippen LogP contribution is 2.35. The maximum Gasteiger partial charge on any atom is 0.231 e. The van der Waals surface area contributed by atoms with Gasteiger partial charge in [-0.05, 0) is 11.6 Å². The fourth-order valence-electron chi connectivity index (χ4n) is 1.97. The predicted molar refractivity (Wildman–Crippen MR) is 70.6 cm³/mol. The molecule has 4 heteroatoms. The summed E-state index contributed by atoms with van der Waals surface area (Å²) in [6.45, 7) is 1.41. The van der Waals surface area contributed by atoms with E-state index < -0.39 is 0 Å². The zero-order chi connectivity index (χ0) is 12.9. The van der Waals surface area contributed by atoms with E-state index in [4.69, 9.17) is 14.3 Å². The van der Waals surface area contributed by atoms with Crippen molar-refractivity contribution in [1.29, 1.82) is 0 Å². The van der Waals surface area contributed by atoms with Gasteiger partial charge in [0.15, 0.2) is 11.5 Å². The Labute approximate surface area is 111 Å². The Morgan fingerprint density at radius 3 is 2.79 bits per heavy atom. The van der Waals surface area contributed by atoms with Gasteiger partial charge >= 0.3 is 0 Å². The van der Waals surface area contributed by atoms with E-state index in [-0.39, 0.29) is 6.79 Å². The van der Waals surface area contributed by atoms with E-state index in [9.17, 15) is 0 Å². The number of rotatable bonds is 5. The normalized spacial score (nSPS) is 12.6. The van der Waals surface area contributed by atoms with E-state index in [1.165, 1.54) is 0 Å². The van der Waals surface area contributed by atoms with Gasteiger partial charge in [-0.15, -0.1) is 0 Å². The topological polar surface area (TPSA) is 39.7 Å². The summed E-state index contributed by atoms with van der Waals surface area (Å²) in [4.78, 5) is 5.44. The average molecular weight is 257 g/mol. The van der Waals surface area contributed by atoms with Crippen LogP contribution in [0.4, 0.5) is 0 Å². The molecule has 0 unspecified atom stereocenters. The average Bonchev–Trinajstić information content (AvgIpc) is 2.94. The molecule has 0 spiro atoms. The van der Waals surface area contributed by atoms with Crippen LogP contribution in [0.25, 0.3) is 0 Å². The molecule has 2 aromatic rings. The van der Waals surface area contributed by atoms with Crippen molar-refractivity contribution in [3.8, 4) is 11.5 Å². The van der Waals surface area contributed by atoms with Crippen LogP contribution in [0.1, 0.15) is 11.1 Å². The molecule has 3 rings (SSSR count). The summed E-state index contributed by atoms with van der Waals surface area (Å²) < 4.78 is 10.8. The van der Waals surface area contributed by atoms with Crippen LogP contribution in [0.2, 0.25) is 0 Å². The smallest absolute Gasteiger partial charge is 0.231 e. The molecular formula is C15H15NO3. The maximum absolute atomic E-state index is 5.44. The van der Waals surface area contributed by atoms with E-state index >= 15 is 0 Å². The number of hydrogen-bond acceptors (Lipinski definition) is 4. The lowest BCUT2D eigenvalue weighted by molar-refractivity contribution is 0.0231. The van der Waals surface area contributed by atoms with Crippen LogP contribution in [-0.2, 0) is 18.0 Å². The number of nitrogens with one attached hydrogen (secondary N) is 1. The number of hydrogen-bond donors (Lipinski definition) is 1. The van der Waals surface area contributed by atoms with Gasteiger partial charge in [0, 0.05) is 12.1 Å². The molecule has 1 aliphatic heterocycles. The predicted octanol–water partition coefficient (Wildman–Crippen LogP) is 2.64. The quantitative estimate of drug-likeness (QED) is 0.660. The summed E-state index contributed by atoms with van der Waals surface area (Å²) in [7, 11) is 0. The zero-order valence-electron chi connectivity index (χ0n) is 10.5. The molecule has 19 heavy (non-hydrogen) atoms. The highest BCUT2D eigenvalue weighted by Gasteiger charge is 2.16. The SMILES string of the molecule is c1ccc(CONCc2cccc3c2OCO3)cc1. The van der Waals surface area contributed by atoms with E-state index in [2.05, 4.69) is 5.48 Å². The van der Waals surface area contributed by atoms with Gasteiger partial charge in [-0.2, -0.15) is 5.48 Å². The first-order chi connectivity index (χ1) is 9.43. The molecule has 0 saturated carbocycles. The second kappa shape index (κ2) is 5.73. The zero-order valence-corrected chi connectivity index (χ0v) is 10.5. The highest BCUT2D eigenvalue weighted by atomic mass is 16.7. The van der Waals surface area contributed by atoms with Crippen LogP contribution in [0.3, 0.4) is 0 Å². The Hall–Kier alpha value is -2.04. The largest absolute Gasteiger partial charge is 0.454 e. The molecule has 2 aromatic carbocycles. The lowest BCUT2D eigenvalue weighted by atomic mass is 10.2. The van der Waals surface area contributed by atoms with Crippen molar-refractivity contribution in [2.24, 2.45) is 0 Å². The van der Waals surface area contributed by atoms with Crippen LogP contribution in [0.15, 0.2) is 48.5 Å². The van der Waals surface area contributed by atoms with Crippen LogP contribution in [-0.4, -0.2) is 6.79 Å². The van der Waals surface area contributed by atoms with Crippen LogP contribution in [0, 0.1) is 0 Å². The monoisotopic (exact) mass is 257 g/mol. The lowest BCUT2D eigenvalue weighted by Gasteiger charge is -2.08. The number of benzene rings is 2. The summed E-state index contributed by atoms with van der Waals surface area (Å²) in [5.41, 5.74) is 5.11. The molecule has 4 nitrogen and oxygen atoms in total. The van der Waals surface area contributed by atoms with Crippen LogP contribution >= 0.6 is 0 Å². The number of ether oxygens (including phenoxy) is 2. The van der Waals surface area contributed by atoms with E-state index in [1.807, 2.05) is 48.5 Å². The Morgan fingerprint density at radius 2 is 1.89 bits per heavy atom. The molecule has 0 saturated heterocycles. The van der Waals surface area contributed by atoms with E-state index in [0.717, 1.165) is 22.6 Å². The van der Waals surface area contributed by atoms with Crippen molar-refractivity contribution in [1.82, 2.24) is 5.48 Å². The number of hydroxylamine groups is 1. The fraction of sp³-hybridized carbons (Fsp3) is 0.200. The minimum Gasteiger partial charge on any atom is -0.454 e. The van der Waals surface area contributed by atoms with Crippen molar-refractivity contribution in [2.75, 3.05) is 6.79 Å². The van der Waals surface area contributed by atoms with Crippen LogP contribution < -0.4 is 15.0 Å². The number of fused-ring (bicyclic) bond motifs is 1. The van der Waals surface area contributed by atoms with Crippen molar-refractivity contribution < 1.29 is 14.3 Å². The van der Waals surface area contributed by atoms with Gasteiger partial charge in [-0.1, -0.05) is 42.5 Å². The molecule has 98 valence electrons. The molecule has 1 N–H and O–H groups in total. The molecule has 0 bridgehead atoms. The van der Waals surface area contributed by atoms with Crippen molar-refractivity contribution >= 4 is 0 Å². The molecule has 1 heterocycles. The van der Waals surface area contributed by atoms with Gasteiger partial charge in [0.1, 0.15) is 0 Å². The lowest BCUT2D eigenvalue weighted by Crippen LogP contribution is -2.14. The van der Waals surface area contributed by atoms with E-state index in [0.29, 0.717) is 13.2 Å². The minimum absolute atomic E-state index is 0.289. The van der Waals surface area contributed by atoms with Gasteiger partial charge in [-0.25, -0.2) is 0 Å². The third kappa shape index (κ3) is 2.86. The summed E-state index contributed by atoms with van der Waals surface area (Å²) in [6, 6.07) is 15.9. The summed E-state index contributed by atoms with van der Waals surface area (Å²) in [6.07, 6.45) is 0. The Kier molecular flexibility index (Phi) is 3.63. The molecule has 1 aliphatic rings. The van der Waals surface area contributed by atoms with Gasteiger partial charge in [0.2, 0.25) is 6.79 Å². The second-order valence-electron chi connectivity index (χ2n) is 4.25. The molecule has 0 radical (unpaired) electrons. The molecular weight excluding hydrogens is 242 g/mol. The first-order valence-electron chi connectivity index (χ1n) is 6.19. The molecule has 0 atom stereocenters. The first-order valence-corrected chi connectivity index (χ1v) is 6.19. The van der Waals surface area contributed by atoms with Gasteiger partial charge in [0.25, 0.3) is 0 Å². The van der Waals surface area contributed by atoms with Crippen molar-refractivity contribution in [2.45, 2.75) is 13.2 Å². The summed E-state index contributed by atoms with van der Waals surface area (Å²) in [5.74, 6) is 1.60. The second-order valence-corrected chi connectivity index (χ2v) is 4.25. The Bertz CT molecular complexity index is 542.